The molecule has 1 aliphatic heterocycles. The molecule has 1 N–H and O–H groups in total. The summed E-state index contributed by atoms with van der Waals surface area (Å²) >= 11 is 0. The first-order valence-corrected chi connectivity index (χ1v) is 10.4. The van der Waals surface area contributed by atoms with Gasteiger partial charge in [0.05, 0.1) is 6.10 Å². The minimum atomic E-state index is -4.67. The van der Waals surface area contributed by atoms with Crippen molar-refractivity contribution >= 4 is 29.9 Å². The predicted molar refractivity (Wildman–Crippen MR) is 125 cm³/mol. The largest absolute Gasteiger partial charge is 0.573 e. The normalized spacial score (nSPS) is 15.5. The number of halogens is 4. The summed E-state index contributed by atoms with van der Waals surface area (Å²) < 4.78 is 51.5. The van der Waals surface area contributed by atoms with Crippen LogP contribution in [-0.2, 0) is 15.9 Å². The van der Waals surface area contributed by atoms with Crippen molar-refractivity contribution in [2.75, 3.05) is 46.5 Å². The molecule has 0 amide bonds. The number of benzene rings is 1. The Kier molecular flexibility index (Phi) is 13.2. The fourth-order valence-corrected chi connectivity index (χ4v) is 3.26. The van der Waals surface area contributed by atoms with Crippen molar-refractivity contribution in [3.63, 3.8) is 0 Å². The smallest absolute Gasteiger partial charge is 0.406 e. The number of hydrogen-bond acceptors (Lipinski definition) is 4. The summed E-state index contributed by atoms with van der Waals surface area (Å²) in [5.74, 6) is 0.655. The van der Waals surface area contributed by atoms with Crippen LogP contribution in [0, 0.1) is 0 Å². The van der Waals surface area contributed by atoms with Crippen LogP contribution in [0.15, 0.2) is 29.3 Å². The number of hydrogen-bond donors (Lipinski definition) is 1. The summed E-state index contributed by atoms with van der Waals surface area (Å²) in [5, 5.41) is 3.32. The molecular weight excluding hydrogens is 526 g/mol. The zero-order valence-corrected chi connectivity index (χ0v) is 20.4. The monoisotopic (exact) mass is 559 g/mol. The Bertz CT molecular complexity index is 637. The zero-order chi connectivity index (χ0) is 21.8. The maximum absolute atomic E-state index is 12.2. The molecule has 1 aromatic carbocycles. The van der Waals surface area contributed by atoms with E-state index in [2.05, 4.69) is 19.9 Å². The molecule has 178 valence electrons. The number of guanidine groups is 1. The van der Waals surface area contributed by atoms with Gasteiger partial charge in [-0.3, -0.25) is 4.99 Å². The lowest BCUT2D eigenvalue weighted by Crippen LogP contribution is -2.47. The van der Waals surface area contributed by atoms with Crippen molar-refractivity contribution in [1.29, 1.82) is 0 Å². The van der Waals surface area contributed by atoms with Gasteiger partial charge in [-0.2, -0.15) is 0 Å². The first kappa shape index (κ1) is 27.8. The van der Waals surface area contributed by atoms with Crippen molar-refractivity contribution in [2.45, 2.75) is 45.1 Å². The number of piperidine rings is 1. The van der Waals surface area contributed by atoms with E-state index < -0.39 is 6.36 Å². The number of nitrogens with zero attached hydrogens (tertiary/aromatic N) is 2. The molecular formula is C21H33F3IN3O3. The van der Waals surface area contributed by atoms with Crippen LogP contribution in [0.5, 0.6) is 5.75 Å². The maximum atomic E-state index is 12.2. The van der Waals surface area contributed by atoms with E-state index in [9.17, 15) is 13.2 Å². The Morgan fingerprint density at radius 3 is 2.42 bits per heavy atom. The van der Waals surface area contributed by atoms with Crippen LogP contribution < -0.4 is 10.1 Å². The van der Waals surface area contributed by atoms with Gasteiger partial charge in [0.15, 0.2) is 5.96 Å². The highest BCUT2D eigenvalue weighted by molar-refractivity contribution is 14.0. The summed E-state index contributed by atoms with van der Waals surface area (Å²) in [7, 11) is 1.69. The lowest BCUT2D eigenvalue weighted by molar-refractivity contribution is -0.274. The first-order valence-electron chi connectivity index (χ1n) is 10.4. The van der Waals surface area contributed by atoms with E-state index in [1.807, 2.05) is 6.92 Å². The number of rotatable bonds is 10. The quantitative estimate of drug-likeness (QED) is 0.201. The lowest BCUT2D eigenvalue weighted by Gasteiger charge is -2.34. The first-order chi connectivity index (χ1) is 14.4. The second-order valence-corrected chi connectivity index (χ2v) is 7.08. The highest BCUT2D eigenvalue weighted by Gasteiger charge is 2.30. The Morgan fingerprint density at radius 1 is 1.16 bits per heavy atom. The molecule has 0 bridgehead atoms. The van der Waals surface area contributed by atoms with Gasteiger partial charge >= 0.3 is 6.36 Å². The fourth-order valence-electron chi connectivity index (χ4n) is 3.26. The van der Waals surface area contributed by atoms with Crippen LogP contribution in [0.1, 0.15) is 31.7 Å². The maximum Gasteiger partial charge on any atom is 0.573 e. The molecule has 0 unspecified atom stereocenters. The van der Waals surface area contributed by atoms with E-state index in [4.69, 9.17) is 9.47 Å². The molecule has 2 rings (SSSR count). The van der Waals surface area contributed by atoms with Gasteiger partial charge in [-0.1, -0.05) is 12.1 Å². The third-order valence-corrected chi connectivity index (χ3v) is 4.74. The van der Waals surface area contributed by atoms with Crippen molar-refractivity contribution in [2.24, 2.45) is 4.99 Å². The summed E-state index contributed by atoms with van der Waals surface area (Å²) in [4.78, 5) is 6.92. The molecule has 0 saturated carbocycles. The van der Waals surface area contributed by atoms with Gasteiger partial charge in [-0.15, -0.1) is 37.1 Å². The molecule has 10 heteroatoms. The van der Waals surface area contributed by atoms with Gasteiger partial charge < -0.3 is 24.4 Å². The van der Waals surface area contributed by atoms with Crippen LogP contribution in [0.25, 0.3) is 0 Å². The molecule has 1 heterocycles. The van der Waals surface area contributed by atoms with Gasteiger partial charge in [0.1, 0.15) is 5.75 Å². The minimum absolute atomic E-state index is 0. The Labute approximate surface area is 199 Å². The van der Waals surface area contributed by atoms with Crippen molar-refractivity contribution in [3.8, 4) is 5.75 Å². The van der Waals surface area contributed by atoms with Crippen LogP contribution in [0.2, 0.25) is 0 Å². The topological polar surface area (TPSA) is 55.3 Å². The summed E-state index contributed by atoms with van der Waals surface area (Å²) in [6, 6.07) is 5.93. The number of methoxy groups -OCH3 is 1. The highest BCUT2D eigenvalue weighted by Crippen LogP contribution is 2.22. The number of likely N-dealkylation sites (tertiary alicyclic amines) is 1. The molecule has 31 heavy (non-hydrogen) atoms. The summed E-state index contributed by atoms with van der Waals surface area (Å²) in [5.41, 5.74) is 0.910. The molecule has 1 fully saturated rings. The highest BCUT2D eigenvalue weighted by atomic mass is 127. The second kappa shape index (κ2) is 14.7. The molecule has 0 spiro atoms. The molecule has 0 radical (unpaired) electrons. The van der Waals surface area contributed by atoms with Gasteiger partial charge in [0.2, 0.25) is 0 Å². The number of ether oxygens (including phenoxy) is 3. The van der Waals surface area contributed by atoms with E-state index in [1.54, 1.807) is 19.2 Å². The molecule has 1 aromatic rings. The number of alkyl halides is 3. The predicted octanol–water partition coefficient (Wildman–Crippen LogP) is 4.23. The van der Waals surface area contributed by atoms with Crippen LogP contribution in [-0.4, -0.2) is 69.8 Å². The fraction of sp³-hybridized carbons (Fsp3) is 0.667. The Hall–Kier alpha value is -1.27. The van der Waals surface area contributed by atoms with Gasteiger partial charge in [-0.25, -0.2) is 0 Å². The molecule has 0 aliphatic carbocycles. The van der Waals surface area contributed by atoms with E-state index >= 15 is 0 Å². The van der Waals surface area contributed by atoms with E-state index in [1.165, 1.54) is 12.1 Å². The summed E-state index contributed by atoms with van der Waals surface area (Å²) in [6.45, 7) is 6.55. The van der Waals surface area contributed by atoms with E-state index in [0.29, 0.717) is 19.6 Å². The SMILES string of the molecule is CCNC(=NCCc1ccc(OC(F)(F)F)cc1)N1CCC(OCCCOC)CC1.I. The summed E-state index contributed by atoms with van der Waals surface area (Å²) in [6.07, 6.45) is -0.937. The van der Waals surface area contributed by atoms with Crippen LogP contribution in [0.4, 0.5) is 13.2 Å². The number of aliphatic imine (C=N–C) groups is 1. The molecule has 1 saturated heterocycles. The Balaban J connectivity index is 0.00000480. The number of nitrogens with one attached hydrogen (secondary N) is 1. The van der Waals surface area contributed by atoms with Crippen LogP contribution >= 0.6 is 24.0 Å². The van der Waals surface area contributed by atoms with E-state index in [-0.39, 0.29) is 35.8 Å². The Morgan fingerprint density at radius 2 is 1.84 bits per heavy atom. The average Bonchev–Trinajstić information content (AvgIpc) is 2.71. The molecule has 0 atom stereocenters. The van der Waals surface area contributed by atoms with Crippen molar-refractivity contribution < 1.29 is 27.4 Å². The second-order valence-electron chi connectivity index (χ2n) is 7.08. The zero-order valence-electron chi connectivity index (χ0n) is 18.1. The third kappa shape index (κ3) is 11.2. The van der Waals surface area contributed by atoms with Gasteiger partial charge in [0, 0.05) is 46.5 Å². The van der Waals surface area contributed by atoms with Gasteiger partial charge in [0.25, 0.3) is 0 Å². The molecule has 6 nitrogen and oxygen atoms in total. The molecule has 1 aliphatic rings. The van der Waals surface area contributed by atoms with Crippen LogP contribution in [0.3, 0.4) is 0 Å². The third-order valence-electron chi connectivity index (χ3n) is 4.74. The molecule has 0 aromatic heterocycles. The minimum Gasteiger partial charge on any atom is -0.406 e. The van der Waals surface area contributed by atoms with Crippen molar-refractivity contribution in [1.82, 2.24) is 10.2 Å². The standard InChI is InChI=1S/C21H32F3N3O3.HI/c1-3-25-20(27-13-10-18(11-14-27)29-16-4-15-28-2)26-12-9-17-5-7-19(8-6-17)30-21(22,23)24;/h5-8,18H,3-4,9-16H2,1-2H3,(H,25,26);1H. The lowest BCUT2D eigenvalue weighted by atomic mass is 10.1. The average molecular weight is 559 g/mol. The van der Waals surface area contributed by atoms with E-state index in [0.717, 1.165) is 57.0 Å². The van der Waals surface area contributed by atoms with Gasteiger partial charge in [-0.05, 0) is 50.3 Å². The van der Waals surface area contributed by atoms with Crippen molar-refractivity contribution in [3.05, 3.63) is 29.8 Å².